The minimum absolute atomic E-state index is 0.352. The van der Waals surface area contributed by atoms with Crippen LogP contribution in [0.1, 0.15) is 108 Å². The summed E-state index contributed by atoms with van der Waals surface area (Å²) in [6, 6.07) is 4.04. The lowest BCUT2D eigenvalue weighted by Gasteiger charge is -2.31. The van der Waals surface area contributed by atoms with Crippen LogP contribution in [0, 0.1) is 29.4 Å². The van der Waals surface area contributed by atoms with Gasteiger partial charge >= 0.3 is 0 Å². The topological polar surface area (TPSA) is 0 Å². The molecule has 0 aliphatic heterocycles. The Morgan fingerprint density at radius 2 is 1.11 bits per heavy atom. The zero-order valence-corrected chi connectivity index (χ0v) is 17.2. The van der Waals surface area contributed by atoms with Gasteiger partial charge in [-0.25, -0.2) is 8.78 Å². The van der Waals surface area contributed by atoms with Gasteiger partial charge < -0.3 is 0 Å². The van der Waals surface area contributed by atoms with E-state index < -0.39 is 11.6 Å². The fourth-order valence-corrected chi connectivity index (χ4v) is 5.59. The molecule has 3 rings (SSSR count). The molecular formula is C25H38F2. The van der Waals surface area contributed by atoms with Crippen molar-refractivity contribution in [1.29, 1.82) is 0 Å². The van der Waals surface area contributed by atoms with E-state index in [9.17, 15) is 8.78 Å². The third-order valence-corrected chi connectivity index (χ3v) is 7.36. The van der Waals surface area contributed by atoms with Crippen LogP contribution in [0.2, 0.25) is 0 Å². The lowest BCUT2D eigenvalue weighted by molar-refractivity contribution is 0.235. The van der Waals surface area contributed by atoms with Gasteiger partial charge in [0, 0.05) is 6.07 Å². The summed E-state index contributed by atoms with van der Waals surface area (Å²) in [5.41, 5.74) is 0.866. The van der Waals surface area contributed by atoms with Crippen LogP contribution in [0.5, 0.6) is 0 Å². The van der Waals surface area contributed by atoms with Crippen molar-refractivity contribution in [1.82, 2.24) is 0 Å². The van der Waals surface area contributed by atoms with Crippen LogP contribution in [0.25, 0.3) is 0 Å². The van der Waals surface area contributed by atoms with Crippen molar-refractivity contribution >= 4 is 0 Å². The van der Waals surface area contributed by atoms with Gasteiger partial charge in [-0.15, -0.1) is 0 Å². The minimum Gasteiger partial charge on any atom is -0.207 e. The predicted octanol–water partition coefficient (Wildman–Crippen LogP) is 8.41. The summed E-state index contributed by atoms with van der Waals surface area (Å²) in [6.07, 6.45) is 18.9. The SMILES string of the molecule is CCCCC1CCC(CCCC2CCC(c3cc(F)cc(F)c3)CC2)CC1. The van der Waals surface area contributed by atoms with E-state index in [1.54, 1.807) is 0 Å². The molecule has 0 nitrogen and oxygen atoms in total. The molecule has 0 unspecified atom stereocenters. The maximum Gasteiger partial charge on any atom is 0.126 e. The summed E-state index contributed by atoms with van der Waals surface area (Å²) in [4.78, 5) is 0. The number of hydrogen-bond donors (Lipinski definition) is 0. The molecule has 0 heterocycles. The molecule has 2 aliphatic carbocycles. The Hall–Kier alpha value is -0.920. The van der Waals surface area contributed by atoms with Gasteiger partial charge in [0.15, 0.2) is 0 Å². The lowest BCUT2D eigenvalue weighted by atomic mass is 9.75. The highest BCUT2D eigenvalue weighted by Crippen LogP contribution is 2.39. The molecule has 0 saturated heterocycles. The molecule has 2 saturated carbocycles. The monoisotopic (exact) mass is 376 g/mol. The number of halogens is 2. The highest BCUT2D eigenvalue weighted by atomic mass is 19.1. The van der Waals surface area contributed by atoms with Crippen LogP contribution in [-0.2, 0) is 0 Å². The maximum atomic E-state index is 13.4. The highest BCUT2D eigenvalue weighted by Gasteiger charge is 2.24. The van der Waals surface area contributed by atoms with Crippen molar-refractivity contribution in [2.45, 2.75) is 103 Å². The number of hydrogen-bond acceptors (Lipinski definition) is 0. The Labute approximate surface area is 165 Å². The summed E-state index contributed by atoms with van der Waals surface area (Å²) >= 11 is 0. The van der Waals surface area contributed by atoms with Crippen molar-refractivity contribution in [2.24, 2.45) is 17.8 Å². The zero-order chi connectivity index (χ0) is 19.1. The third kappa shape index (κ3) is 6.57. The van der Waals surface area contributed by atoms with Crippen molar-refractivity contribution in [3.8, 4) is 0 Å². The van der Waals surface area contributed by atoms with Gasteiger partial charge in [0.1, 0.15) is 11.6 Å². The fourth-order valence-electron chi connectivity index (χ4n) is 5.59. The largest absolute Gasteiger partial charge is 0.207 e. The molecular weight excluding hydrogens is 338 g/mol. The second-order valence-electron chi connectivity index (χ2n) is 9.38. The Bertz CT molecular complexity index is 531. The molecule has 2 fully saturated rings. The van der Waals surface area contributed by atoms with E-state index in [1.807, 2.05) is 0 Å². The summed E-state index contributed by atoms with van der Waals surface area (Å²) < 4.78 is 26.9. The molecule has 1 aromatic carbocycles. The van der Waals surface area contributed by atoms with Crippen molar-refractivity contribution in [3.63, 3.8) is 0 Å². The summed E-state index contributed by atoms with van der Waals surface area (Å²) in [5, 5.41) is 0. The van der Waals surface area contributed by atoms with Gasteiger partial charge in [-0.05, 0) is 67.1 Å². The van der Waals surface area contributed by atoms with Crippen LogP contribution >= 0.6 is 0 Å². The van der Waals surface area contributed by atoms with Crippen LogP contribution in [0.15, 0.2) is 18.2 Å². The average molecular weight is 377 g/mol. The zero-order valence-electron chi connectivity index (χ0n) is 17.2. The molecule has 0 N–H and O–H groups in total. The normalized spacial score (nSPS) is 29.0. The van der Waals surface area contributed by atoms with E-state index in [-0.39, 0.29) is 0 Å². The van der Waals surface area contributed by atoms with Gasteiger partial charge in [0.25, 0.3) is 0 Å². The van der Waals surface area contributed by atoms with E-state index >= 15 is 0 Å². The number of rotatable bonds is 8. The molecule has 0 atom stereocenters. The second kappa shape index (κ2) is 10.6. The average Bonchev–Trinajstić information content (AvgIpc) is 2.67. The Morgan fingerprint density at radius 1 is 0.667 bits per heavy atom. The van der Waals surface area contributed by atoms with Gasteiger partial charge in [-0.1, -0.05) is 71.1 Å². The van der Waals surface area contributed by atoms with Crippen molar-refractivity contribution in [2.75, 3.05) is 0 Å². The van der Waals surface area contributed by atoms with E-state index in [0.717, 1.165) is 42.2 Å². The third-order valence-electron chi connectivity index (χ3n) is 7.36. The Balaban J connectivity index is 1.31. The molecule has 1 aromatic rings. The molecule has 0 bridgehead atoms. The van der Waals surface area contributed by atoms with Crippen molar-refractivity contribution < 1.29 is 8.78 Å². The fraction of sp³-hybridized carbons (Fsp3) is 0.760. The first-order valence-corrected chi connectivity index (χ1v) is 11.6. The number of unbranched alkanes of at least 4 members (excludes halogenated alkanes) is 1. The van der Waals surface area contributed by atoms with Gasteiger partial charge in [-0.3, -0.25) is 0 Å². The van der Waals surface area contributed by atoms with Crippen LogP contribution in [0.4, 0.5) is 8.78 Å². The predicted molar refractivity (Wildman–Crippen MR) is 110 cm³/mol. The molecule has 0 aromatic heterocycles. The van der Waals surface area contributed by atoms with E-state index in [2.05, 4.69) is 6.92 Å². The molecule has 27 heavy (non-hydrogen) atoms. The van der Waals surface area contributed by atoms with Crippen LogP contribution in [-0.4, -0.2) is 0 Å². The van der Waals surface area contributed by atoms with Crippen LogP contribution < -0.4 is 0 Å². The summed E-state index contributed by atoms with van der Waals surface area (Å²) in [6.45, 7) is 2.30. The molecule has 2 heteroatoms. The van der Waals surface area contributed by atoms with Crippen LogP contribution in [0.3, 0.4) is 0 Å². The molecule has 0 radical (unpaired) electrons. The maximum absolute atomic E-state index is 13.4. The summed E-state index contributed by atoms with van der Waals surface area (Å²) in [7, 11) is 0. The van der Waals surface area contributed by atoms with Gasteiger partial charge in [0.2, 0.25) is 0 Å². The quantitative estimate of drug-likeness (QED) is 0.427. The standard InChI is InChI=1S/C25H38F2/c1-2-3-5-19-8-10-20(11-9-19)6-4-7-21-12-14-22(15-13-21)23-16-24(26)18-25(27)17-23/h16-22H,2-15H2,1H3. The Kier molecular flexibility index (Phi) is 8.15. The second-order valence-corrected chi connectivity index (χ2v) is 9.38. The molecule has 0 spiro atoms. The highest BCUT2D eigenvalue weighted by molar-refractivity contribution is 5.22. The van der Waals surface area contributed by atoms with E-state index in [0.29, 0.717) is 5.92 Å². The summed E-state index contributed by atoms with van der Waals surface area (Å²) in [5.74, 6) is 2.32. The lowest BCUT2D eigenvalue weighted by Crippen LogP contribution is -2.16. The first kappa shape index (κ1) is 20.8. The Morgan fingerprint density at radius 3 is 1.59 bits per heavy atom. The smallest absolute Gasteiger partial charge is 0.126 e. The van der Waals surface area contributed by atoms with Gasteiger partial charge in [0.05, 0.1) is 0 Å². The molecule has 152 valence electrons. The first-order valence-electron chi connectivity index (χ1n) is 11.6. The van der Waals surface area contributed by atoms with Gasteiger partial charge in [-0.2, -0.15) is 0 Å². The van der Waals surface area contributed by atoms with Crippen molar-refractivity contribution in [3.05, 3.63) is 35.4 Å². The minimum atomic E-state index is -0.434. The molecule has 0 amide bonds. The first-order chi connectivity index (χ1) is 13.1. The number of benzene rings is 1. The molecule has 2 aliphatic rings. The van der Waals surface area contributed by atoms with E-state index in [1.165, 1.54) is 89.2 Å². The van der Waals surface area contributed by atoms with E-state index in [4.69, 9.17) is 0 Å².